The molecule has 0 bridgehead atoms. The number of carbonyl (C=O) groups is 1. The van der Waals surface area contributed by atoms with E-state index in [0.717, 1.165) is 25.0 Å². The quantitative estimate of drug-likeness (QED) is 0.568. The predicted molar refractivity (Wildman–Crippen MR) is 116 cm³/mol. The van der Waals surface area contributed by atoms with E-state index in [2.05, 4.69) is 57.0 Å². The van der Waals surface area contributed by atoms with E-state index >= 15 is 0 Å². The van der Waals surface area contributed by atoms with Crippen molar-refractivity contribution in [2.75, 3.05) is 11.1 Å². The van der Waals surface area contributed by atoms with E-state index < -0.39 is 0 Å². The zero-order valence-corrected chi connectivity index (χ0v) is 18.2. The molecule has 0 saturated heterocycles. The monoisotopic (exact) mass is 428 g/mol. The van der Waals surface area contributed by atoms with Gasteiger partial charge in [0.25, 0.3) is 0 Å². The summed E-state index contributed by atoms with van der Waals surface area (Å²) in [5, 5.41) is 16.3. The molecule has 2 heterocycles. The summed E-state index contributed by atoms with van der Waals surface area (Å²) < 4.78 is 1.87. The Balaban J connectivity index is 1.33. The molecule has 7 nitrogen and oxygen atoms in total. The number of rotatable bonds is 7. The fraction of sp³-hybridized carbons (Fsp3) is 0.450. The van der Waals surface area contributed by atoms with E-state index in [0.29, 0.717) is 16.3 Å². The minimum Gasteiger partial charge on any atom is -0.301 e. The highest BCUT2D eigenvalue weighted by atomic mass is 32.2. The normalized spacial score (nSPS) is 14.4. The first-order valence-electron chi connectivity index (χ1n) is 9.81. The number of nitrogens with zero attached hydrogens (tertiary/aromatic N) is 5. The van der Waals surface area contributed by atoms with Gasteiger partial charge in [0.15, 0.2) is 5.13 Å². The van der Waals surface area contributed by atoms with Gasteiger partial charge in [0.2, 0.25) is 11.1 Å². The fourth-order valence-corrected chi connectivity index (χ4v) is 5.24. The summed E-state index contributed by atoms with van der Waals surface area (Å²) in [5.74, 6) is 0.172. The van der Waals surface area contributed by atoms with Crippen LogP contribution >= 0.6 is 23.1 Å². The van der Waals surface area contributed by atoms with Crippen molar-refractivity contribution in [3.05, 3.63) is 46.0 Å². The average molecular weight is 429 g/mol. The van der Waals surface area contributed by atoms with Gasteiger partial charge in [-0.25, -0.2) is 9.67 Å². The molecule has 1 saturated carbocycles. The van der Waals surface area contributed by atoms with E-state index in [1.165, 1.54) is 51.9 Å². The third kappa shape index (κ3) is 5.02. The maximum absolute atomic E-state index is 12.4. The number of thiazole rings is 1. The van der Waals surface area contributed by atoms with Crippen LogP contribution in [0.15, 0.2) is 29.4 Å². The molecule has 1 fully saturated rings. The molecular formula is C20H24N6OS2. The van der Waals surface area contributed by atoms with Crippen LogP contribution in [0.5, 0.6) is 0 Å². The Bertz CT molecular complexity index is 975. The zero-order chi connectivity index (χ0) is 20.2. The first-order chi connectivity index (χ1) is 14.1. The van der Waals surface area contributed by atoms with Crippen LogP contribution in [0.2, 0.25) is 0 Å². The lowest BCUT2D eigenvalue weighted by atomic mass is 10.1. The lowest BCUT2D eigenvalue weighted by Crippen LogP contribution is -2.15. The van der Waals surface area contributed by atoms with Crippen molar-refractivity contribution < 1.29 is 4.79 Å². The highest BCUT2D eigenvalue weighted by molar-refractivity contribution is 7.99. The number of benzene rings is 1. The van der Waals surface area contributed by atoms with E-state index in [-0.39, 0.29) is 11.7 Å². The summed E-state index contributed by atoms with van der Waals surface area (Å²) in [6.45, 7) is 4.07. The van der Waals surface area contributed by atoms with Gasteiger partial charge in [0, 0.05) is 11.3 Å². The molecule has 152 valence electrons. The number of anilines is 1. The number of hydrogen-bond acceptors (Lipinski definition) is 7. The van der Waals surface area contributed by atoms with Gasteiger partial charge in [-0.3, -0.25) is 4.79 Å². The van der Waals surface area contributed by atoms with Crippen molar-refractivity contribution in [2.24, 2.45) is 0 Å². The highest BCUT2D eigenvalue weighted by Gasteiger charge is 2.22. The summed E-state index contributed by atoms with van der Waals surface area (Å²) in [6.07, 6.45) is 5.46. The van der Waals surface area contributed by atoms with Crippen LogP contribution in [0.25, 0.3) is 0 Å². The number of amides is 1. The van der Waals surface area contributed by atoms with Gasteiger partial charge in [-0.2, -0.15) is 0 Å². The van der Waals surface area contributed by atoms with Crippen molar-refractivity contribution in [1.29, 1.82) is 0 Å². The van der Waals surface area contributed by atoms with Crippen LogP contribution in [-0.4, -0.2) is 36.9 Å². The van der Waals surface area contributed by atoms with Gasteiger partial charge in [-0.05, 0) is 42.7 Å². The molecular weight excluding hydrogens is 404 g/mol. The smallest absolute Gasteiger partial charge is 0.236 e. The number of aryl methyl sites for hydroxylation is 2. The molecule has 4 rings (SSSR count). The molecule has 0 atom stereocenters. The predicted octanol–water partition coefficient (Wildman–Crippen LogP) is 4.18. The second-order valence-corrected chi connectivity index (χ2v) is 9.40. The van der Waals surface area contributed by atoms with Crippen LogP contribution in [0.4, 0.5) is 5.13 Å². The van der Waals surface area contributed by atoms with Crippen LogP contribution in [0, 0.1) is 13.8 Å². The molecule has 1 N–H and O–H groups in total. The molecule has 1 aliphatic rings. The summed E-state index contributed by atoms with van der Waals surface area (Å²) in [7, 11) is 0. The number of aromatic nitrogens is 5. The van der Waals surface area contributed by atoms with Gasteiger partial charge in [-0.1, -0.05) is 54.4 Å². The number of nitrogens with one attached hydrogen (secondary N) is 1. The Morgan fingerprint density at radius 3 is 2.76 bits per heavy atom. The van der Waals surface area contributed by atoms with E-state index in [9.17, 15) is 4.79 Å². The van der Waals surface area contributed by atoms with Gasteiger partial charge in [0.1, 0.15) is 0 Å². The molecule has 1 aliphatic carbocycles. The van der Waals surface area contributed by atoms with Gasteiger partial charge >= 0.3 is 0 Å². The molecule has 0 radical (unpaired) electrons. The van der Waals surface area contributed by atoms with Crippen molar-refractivity contribution in [3.63, 3.8) is 0 Å². The van der Waals surface area contributed by atoms with Crippen molar-refractivity contribution in [3.8, 4) is 0 Å². The number of carbonyl (C=O) groups excluding carboxylic acids is 1. The Labute approximate surface area is 178 Å². The largest absolute Gasteiger partial charge is 0.301 e. The summed E-state index contributed by atoms with van der Waals surface area (Å²) in [5.41, 5.74) is 3.46. The second kappa shape index (κ2) is 9.04. The Morgan fingerprint density at radius 1 is 1.24 bits per heavy atom. The van der Waals surface area contributed by atoms with Crippen molar-refractivity contribution >= 4 is 34.1 Å². The maximum Gasteiger partial charge on any atom is 0.236 e. The Morgan fingerprint density at radius 2 is 2.00 bits per heavy atom. The van der Waals surface area contributed by atoms with Crippen LogP contribution in [-0.2, 0) is 11.2 Å². The third-order valence-corrected chi connectivity index (χ3v) is 7.10. The molecule has 3 aromatic rings. The third-order valence-electron chi connectivity index (χ3n) is 5.09. The minimum absolute atomic E-state index is 0.0911. The molecule has 9 heteroatoms. The second-order valence-electron chi connectivity index (χ2n) is 7.37. The minimum atomic E-state index is -0.0911. The van der Waals surface area contributed by atoms with E-state index in [1.807, 2.05) is 11.6 Å². The van der Waals surface area contributed by atoms with Crippen molar-refractivity contribution in [1.82, 2.24) is 25.2 Å². The SMILES string of the molecule is Cc1ccc(Cc2sc(NC(=O)CSc3nnnn3C3CCCC3)nc2C)cc1. The zero-order valence-electron chi connectivity index (χ0n) is 16.6. The molecule has 0 aliphatic heterocycles. The molecule has 1 aromatic carbocycles. The summed E-state index contributed by atoms with van der Waals surface area (Å²) in [6, 6.07) is 8.87. The maximum atomic E-state index is 12.4. The lowest BCUT2D eigenvalue weighted by molar-refractivity contribution is -0.113. The summed E-state index contributed by atoms with van der Waals surface area (Å²) in [4.78, 5) is 18.1. The average Bonchev–Trinajstić information content (AvgIpc) is 3.44. The van der Waals surface area contributed by atoms with E-state index in [4.69, 9.17) is 0 Å². The fourth-order valence-electron chi connectivity index (χ4n) is 3.48. The number of tetrazole rings is 1. The number of hydrogen-bond donors (Lipinski definition) is 1. The van der Waals surface area contributed by atoms with Crippen LogP contribution in [0.3, 0.4) is 0 Å². The summed E-state index contributed by atoms with van der Waals surface area (Å²) >= 11 is 2.91. The van der Waals surface area contributed by atoms with Gasteiger partial charge in [0.05, 0.1) is 17.5 Å². The molecule has 29 heavy (non-hydrogen) atoms. The molecule has 2 aromatic heterocycles. The van der Waals surface area contributed by atoms with Gasteiger partial charge < -0.3 is 5.32 Å². The topological polar surface area (TPSA) is 85.6 Å². The molecule has 0 spiro atoms. The Hall–Kier alpha value is -2.26. The van der Waals surface area contributed by atoms with E-state index in [1.54, 1.807) is 0 Å². The standard InChI is InChI=1S/C20H24N6OS2/c1-13-7-9-15(10-8-13)11-17-14(2)21-19(29-17)22-18(27)12-28-20-23-24-25-26(20)16-5-3-4-6-16/h7-10,16H,3-6,11-12H2,1-2H3,(H,21,22,27). The Kier molecular flexibility index (Phi) is 6.25. The van der Waals surface area contributed by atoms with Crippen LogP contribution in [0.1, 0.15) is 53.4 Å². The molecule has 0 unspecified atom stereocenters. The lowest BCUT2D eigenvalue weighted by Gasteiger charge is -2.10. The van der Waals surface area contributed by atoms with Gasteiger partial charge in [-0.15, -0.1) is 16.4 Å². The first-order valence-corrected chi connectivity index (χ1v) is 11.6. The van der Waals surface area contributed by atoms with Crippen molar-refractivity contribution in [2.45, 2.75) is 57.1 Å². The number of thioether (sulfide) groups is 1. The van der Waals surface area contributed by atoms with Crippen LogP contribution < -0.4 is 5.32 Å². The highest BCUT2D eigenvalue weighted by Crippen LogP contribution is 2.31. The first kappa shape index (κ1) is 20.0. The molecule has 1 amide bonds.